The maximum atomic E-state index is 12.8. The van der Waals surface area contributed by atoms with Gasteiger partial charge in [-0.25, -0.2) is 5.43 Å². The van der Waals surface area contributed by atoms with Crippen LogP contribution in [0.15, 0.2) is 113 Å². The Labute approximate surface area is 267 Å². The highest BCUT2D eigenvalue weighted by molar-refractivity contribution is 14.1. The van der Waals surface area contributed by atoms with Gasteiger partial charge in [-0.15, -0.1) is 0 Å². The van der Waals surface area contributed by atoms with E-state index in [1.54, 1.807) is 18.3 Å². The number of halogens is 2. The summed E-state index contributed by atoms with van der Waals surface area (Å²) >= 11 is 5.88. The molecule has 1 aromatic heterocycles. The molecule has 0 atom stereocenters. The van der Waals surface area contributed by atoms with Gasteiger partial charge in [0.1, 0.15) is 6.61 Å². The Balaban J connectivity index is 1.26. The van der Waals surface area contributed by atoms with E-state index in [0.717, 1.165) is 38.2 Å². The summed E-state index contributed by atoms with van der Waals surface area (Å²) in [5, 5.41) is 4.18. The minimum atomic E-state index is -0.299. The fourth-order valence-corrected chi connectivity index (χ4v) is 5.44. The molecule has 8 heteroatoms. The zero-order valence-corrected chi connectivity index (χ0v) is 26.9. The molecule has 0 bridgehead atoms. The molecule has 1 amide bonds. The summed E-state index contributed by atoms with van der Waals surface area (Å²) in [6.45, 7) is 4.88. The molecule has 0 saturated heterocycles. The first-order valence-electron chi connectivity index (χ1n) is 13.4. The molecule has 6 nitrogen and oxygen atoms in total. The molecule has 5 aromatic rings. The number of nitrogens with one attached hydrogen (secondary N) is 1. The Morgan fingerprint density at radius 3 is 2.40 bits per heavy atom. The smallest absolute Gasteiger partial charge is 0.271 e. The monoisotopic (exact) mass is 733 g/mol. The maximum absolute atomic E-state index is 12.8. The van der Waals surface area contributed by atoms with Crippen LogP contribution in [0.4, 0.5) is 0 Å². The van der Waals surface area contributed by atoms with Gasteiger partial charge in [0.25, 0.3) is 5.91 Å². The lowest BCUT2D eigenvalue weighted by Crippen LogP contribution is -2.17. The summed E-state index contributed by atoms with van der Waals surface area (Å²) in [5.41, 5.74) is 9.26. The van der Waals surface area contributed by atoms with Crippen LogP contribution in [0.2, 0.25) is 0 Å². The number of aromatic nitrogens is 1. The quantitative estimate of drug-likeness (QED) is 0.0889. The van der Waals surface area contributed by atoms with Crippen LogP contribution >= 0.6 is 38.5 Å². The number of hydrogen-bond donors (Lipinski definition) is 1. The first kappa shape index (κ1) is 29.6. The molecular formula is C34H29BrIN3O3. The predicted octanol–water partition coefficient (Wildman–Crippen LogP) is 8.56. The minimum Gasteiger partial charge on any atom is -0.490 e. The fourth-order valence-electron chi connectivity index (χ4n) is 4.51. The Bertz CT molecular complexity index is 1700. The number of carbonyl (C=O) groups excluding carboxylic acids is 1. The molecule has 0 radical (unpaired) electrons. The van der Waals surface area contributed by atoms with Crippen LogP contribution in [-0.2, 0) is 6.61 Å². The standard InChI is InChI=1S/C34H29BrIN3O3/c1-3-41-32-20-25(19-30(35)33(32)42-22-24-10-14-28(36)15-11-24)21-37-38-34(40)27-12-16-29(17-13-27)39-23(2)9-18-31(39)26-7-5-4-6-8-26/h4-21H,3,22H2,1-2H3,(H,38,40)/b37-21+. The number of hydrazone groups is 1. The third kappa shape index (κ3) is 7.11. The Morgan fingerprint density at radius 1 is 0.952 bits per heavy atom. The summed E-state index contributed by atoms with van der Waals surface area (Å²) in [7, 11) is 0. The van der Waals surface area contributed by atoms with Crippen molar-refractivity contribution in [2.24, 2.45) is 5.10 Å². The number of ether oxygens (including phenoxy) is 2. The number of rotatable bonds is 10. The van der Waals surface area contributed by atoms with Crippen molar-refractivity contribution >= 4 is 50.6 Å². The van der Waals surface area contributed by atoms with Crippen molar-refractivity contribution in [2.45, 2.75) is 20.5 Å². The average molecular weight is 734 g/mol. The summed E-state index contributed by atoms with van der Waals surface area (Å²) in [4.78, 5) is 12.8. The SMILES string of the molecule is CCOc1cc(/C=N/NC(=O)c2ccc(-n3c(C)ccc3-c3ccccc3)cc2)cc(Br)c1OCc1ccc(I)cc1. The number of nitrogens with zero attached hydrogens (tertiary/aromatic N) is 2. The highest BCUT2D eigenvalue weighted by Crippen LogP contribution is 2.37. The van der Waals surface area contributed by atoms with Gasteiger partial charge in [0, 0.05) is 20.5 Å². The van der Waals surface area contributed by atoms with Gasteiger partial charge in [-0.3, -0.25) is 4.79 Å². The van der Waals surface area contributed by atoms with Gasteiger partial charge < -0.3 is 14.0 Å². The molecule has 0 fully saturated rings. The molecule has 4 aromatic carbocycles. The normalized spacial score (nSPS) is 11.0. The van der Waals surface area contributed by atoms with Crippen molar-refractivity contribution in [1.82, 2.24) is 9.99 Å². The van der Waals surface area contributed by atoms with E-state index in [0.29, 0.717) is 30.3 Å². The second-order valence-corrected chi connectivity index (χ2v) is 11.6. The van der Waals surface area contributed by atoms with Crippen LogP contribution < -0.4 is 14.9 Å². The number of hydrogen-bond acceptors (Lipinski definition) is 4. The van der Waals surface area contributed by atoms with Crippen LogP contribution in [0.3, 0.4) is 0 Å². The molecule has 5 rings (SSSR count). The van der Waals surface area contributed by atoms with Gasteiger partial charge in [0.2, 0.25) is 0 Å². The molecule has 212 valence electrons. The molecule has 42 heavy (non-hydrogen) atoms. The van der Waals surface area contributed by atoms with Crippen molar-refractivity contribution < 1.29 is 14.3 Å². The second kappa shape index (κ2) is 13.8. The molecule has 1 N–H and O–H groups in total. The third-order valence-corrected chi connectivity index (χ3v) is 7.85. The fraction of sp³-hybridized carbons (Fsp3) is 0.118. The lowest BCUT2D eigenvalue weighted by Gasteiger charge is -2.15. The van der Waals surface area contributed by atoms with Crippen LogP contribution in [0.25, 0.3) is 16.9 Å². The molecule has 0 unspecified atom stereocenters. The van der Waals surface area contributed by atoms with Crippen molar-refractivity contribution in [3.8, 4) is 28.4 Å². The van der Waals surface area contributed by atoms with E-state index < -0.39 is 0 Å². The van der Waals surface area contributed by atoms with Gasteiger partial charge in [0.15, 0.2) is 11.5 Å². The van der Waals surface area contributed by atoms with E-state index in [-0.39, 0.29) is 5.91 Å². The molecule has 0 aliphatic rings. The minimum absolute atomic E-state index is 0.299. The Kier molecular flexibility index (Phi) is 9.76. The maximum Gasteiger partial charge on any atom is 0.271 e. The van der Waals surface area contributed by atoms with Crippen molar-refractivity contribution in [2.75, 3.05) is 6.61 Å². The lowest BCUT2D eigenvalue weighted by molar-refractivity contribution is 0.0955. The summed E-state index contributed by atoms with van der Waals surface area (Å²) in [6.07, 6.45) is 1.58. The van der Waals surface area contributed by atoms with Crippen molar-refractivity contribution in [1.29, 1.82) is 0 Å². The molecule has 0 spiro atoms. The molecule has 0 aliphatic carbocycles. The van der Waals surface area contributed by atoms with Gasteiger partial charge >= 0.3 is 0 Å². The number of aryl methyl sites for hydroxylation is 1. The van der Waals surface area contributed by atoms with Gasteiger partial charge in [-0.1, -0.05) is 42.5 Å². The summed E-state index contributed by atoms with van der Waals surface area (Å²) in [5.74, 6) is 0.910. The third-order valence-electron chi connectivity index (χ3n) is 6.54. The Morgan fingerprint density at radius 2 is 1.69 bits per heavy atom. The highest BCUT2D eigenvalue weighted by Gasteiger charge is 2.13. The van der Waals surface area contributed by atoms with E-state index in [2.05, 4.69) is 84.8 Å². The van der Waals surface area contributed by atoms with Crippen LogP contribution in [0.1, 0.15) is 34.1 Å². The van der Waals surface area contributed by atoms with E-state index in [1.165, 1.54) is 3.57 Å². The average Bonchev–Trinajstić information content (AvgIpc) is 3.39. The first-order valence-corrected chi connectivity index (χ1v) is 15.3. The zero-order chi connectivity index (χ0) is 29.5. The van der Waals surface area contributed by atoms with E-state index in [1.807, 2.05) is 73.7 Å². The van der Waals surface area contributed by atoms with E-state index >= 15 is 0 Å². The van der Waals surface area contributed by atoms with E-state index in [4.69, 9.17) is 9.47 Å². The van der Waals surface area contributed by atoms with Crippen molar-refractivity contribution in [3.63, 3.8) is 0 Å². The van der Waals surface area contributed by atoms with Crippen LogP contribution in [-0.4, -0.2) is 23.3 Å². The molecule has 0 aliphatic heterocycles. The Hall–Kier alpha value is -3.89. The number of carbonyl (C=O) groups is 1. The second-order valence-electron chi connectivity index (χ2n) is 9.49. The highest BCUT2D eigenvalue weighted by atomic mass is 127. The van der Waals surface area contributed by atoms with Crippen LogP contribution in [0.5, 0.6) is 11.5 Å². The van der Waals surface area contributed by atoms with E-state index in [9.17, 15) is 4.79 Å². The van der Waals surface area contributed by atoms with Gasteiger partial charge in [-0.05, 0) is 130 Å². The molecule has 0 saturated carbocycles. The summed E-state index contributed by atoms with van der Waals surface area (Å²) < 4.78 is 16.0. The van der Waals surface area contributed by atoms with Crippen LogP contribution in [0, 0.1) is 10.5 Å². The molecule has 1 heterocycles. The summed E-state index contributed by atoms with van der Waals surface area (Å²) in [6, 6.07) is 33.8. The molecular weight excluding hydrogens is 705 g/mol. The lowest BCUT2D eigenvalue weighted by atomic mass is 10.1. The topological polar surface area (TPSA) is 64.8 Å². The first-order chi connectivity index (χ1) is 20.4. The number of amides is 1. The zero-order valence-electron chi connectivity index (χ0n) is 23.2. The largest absolute Gasteiger partial charge is 0.490 e. The number of benzene rings is 4. The predicted molar refractivity (Wildman–Crippen MR) is 180 cm³/mol. The van der Waals surface area contributed by atoms with Crippen molar-refractivity contribution in [3.05, 3.63) is 134 Å². The van der Waals surface area contributed by atoms with Gasteiger partial charge in [-0.2, -0.15) is 5.10 Å². The van der Waals surface area contributed by atoms with Gasteiger partial charge in [0.05, 0.1) is 23.0 Å².